The van der Waals surface area contributed by atoms with Crippen molar-refractivity contribution in [3.63, 3.8) is 0 Å². The first kappa shape index (κ1) is 15.3. The number of halogens is 3. The fourth-order valence-electron chi connectivity index (χ4n) is 2.04. The van der Waals surface area contributed by atoms with E-state index in [9.17, 15) is 18.0 Å². The molecule has 7 heteroatoms. The SMILES string of the molecule is Cn1cc[n+](C)c1[B-]CC(=O)c1ccc(C(F)(F)F)cc1. The molecule has 0 aliphatic rings. The Labute approximate surface area is 121 Å². The summed E-state index contributed by atoms with van der Waals surface area (Å²) in [6.07, 6.45) is -0.537. The van der Waals surface area contributed by atoms with E-state index in [0.717, 1.165) is 17.9 Å². The van der Waals surface area contributed by atoms with E-state index in [1.807, 2.05) is 35.6 Å². The van der Waals surface area contributed by atoms with E-state index in [1.54, 1.807) is 7.28 Å². The zero-order valence-corrected chi connectivity index (χ0v) is 11.7. The maximum absolute atomic E-state index is 12.4. The molecule has 1 aromatic heterocycles. The van der Waals surface area contributed by atoms with Gasteiger partial charge in [-0.2, -0.15) is 26.8 Å². The Hall–Kier alpha value is -2.05. The van der Waals surface area contributed by atoms with Crippen molar-refractivity contribution < 1.29 is 22.5 Å². The van der Waals surface area contributed by atoms with Gasteiger partial charge in [0.15, 0.2) is 0 Å². The number of hydrogen-bond acceptors (Lipinski definition) is 1. The van der Waals surface area contributed by atoms with Gasteiger partial charge in [-0.15, -0.1) is 0 Å². The van der Waals surface area contributed by atoms with Crippen molar-refractivity contribution in [2.75, 3.05) is 0 Å². The van der Waals surface area contributed by atoms with Crippen molar-refractivity contribution in [1.82, 2.24) is 4.57 Å². The Morgan fingerprint density at radius 1 is 1.29 bits per heavy atom. The number of rotatable bonds is 4. The van der Waals surface area contributed by atoms with Crippen LogP contribution in [-0.4, -0.2) is 17.6 Å². The fourth-order valence-corrected chi connectivity index (χ4v) is 2.04. The first-order chi connectivity index (χ1) is 9.79. The molecule has 1 heterocycles. The van der Waals surface area contributed by atoms with Gasteiger partial charge in [0.05, 0.1) is 19.7 Å². The number of aromatic nitrogens is 2. The molecule has 0 spiro atoms. The van der Waals surface area contributed by atoms with E-state index in [4.69, 9.17) is 0 Å². The van der Waals surface area contributed by atoms with Crippen LogP contribution in [0.1, 0.15) is 15.9 Å². The van der Waals surface area contributed by atoms with E-state index in [0.29, 0.717) is 0 Å². The first-order valence-electron chi connectivity index (χ1n) is 6.33. The minimum absolute atomic E-state index is 0.136. The molecule has 2 rings (SSSR count). The molecule has 0 amide bonds. The number of aryl methyl sites for hydroxylation is 2. The molecule has 0 N–H and O–H groups in total. The maximum Gasteiger partial charge on any atom is 0.416 e. The van der Waals surface area contributed by atoms with E-state index < -0.39 is 11.7 Å². The second kappa shape index (κ2) is 5.75. The van der Waals surface area contributed by atoms with Gasteiger partial charge in [0, 0.05) is 11.3 Å². The molecule has 2 radical (unpaired) electrons. The summed E-state index contributed by atoms with van der Waals surface area (Å²) in [5.74, 6) is -0.218. The molecule has 2 aromatic rings. The summed E-state index contributed by atoms with van der Waals surface area (Å²) in [5.41, 5.74) is 0.378. The molecule has 0 unspecified atom stereocenters. The normalized spacial score (nSPS) is 11.7. The monoisotopic (exact) mass is 294 g/mol. The Kier molecular flexibility index (Phi) is 4.20. The van der Waals surface area contributed by atoms with E-state index >= 15 is 0 Å². The third kappa shape index (κ3) is 3.54. The van der Waals surface area contributed by atoms with Crippen molar-refractivity contribution in [3.8, 4) is 0 Å². The summed E-state index contributed by atoms with van der Waals surface area (Å²) < 4.78 is 41.1. The molecule has 0 saturated carbocycles. The van der Waals surface area contributed by atoms with Crippen molar-refractivity contribution in [2.24, 2.45) is 14.1 Å². The van der Waals surface area contributed by atoms with Crippen LogP contribution < -0.4 is 10.3 Å². The van der Waals surface area contributed by atoms with Gasteiger partial charge in [-0.25, -0.2) is 0 Å². The Balaban J connectivity index is 2.04. The van der Waals surface area contributed by atoms with E-state index in [1.165, 1.54) is 12.1 Å². The van der Waals surface area contributed by atoms with Gasteiger partial charge in [0.2, 0.25) is 0 Å². The Bertz CT molecular complexity index is 628. The predicted molar refractivity (Wildman–Crippen MR) is 72.6 cm³/mol. The standard InChI is InChI=1S/C14H14BF3N2O/c1-19-7-8-20(2)13(19)15-9-12(21)10-3-5-11(6-4-10)14(16,17)18/h3-8H,9H2,1-2H3. The average molecular weight is 294 g/mol. The summed E-state index contributed by atoms with van der Waals surface area (Å²) in [6, 6.07) is 4.28. The molecular weight excluding hydrogens is 280 g/mol. The highest BCUT2D eigenvalue weighted by Gasteiger charge is 2.30. The fraction of sp³-hybridized carbons (Fsp3) is 0.286. The number of alkyl halides is 3. The van der Waals surface area contributed by atoms with Crippen LogP contribution in [0, 0.1) is 0 Å². The average Bonchev–Trinajstić information content (AvgIpc) is 2.75. The highest BCUT2D eigenvalue weighted by molar-refractivity contribution is 6.55. The molecule has 0 aliphatic carbocycles. The highest BCUT2D eigenvalue weighted by atomic mass is 19.4. The minimum Gasteiger partial charge on any atom is -0.298 e. The van der Waals surface area contributed by atoms with Gasteiger partial charge in [0.25, 0.3) is 0 Å². The molecule has 0 fully saturated rings. The lowest BCUT2D eigenvalue weighted by atomic mass is 9.70. The Morgan fingerprint density at radius 2 is 1.90 bits per heavy atom. The molecule has 110 valence electrons. The number of carbonyl (C=O) groups excluding carboxylic acids is 1. The third-order valence-corrected chi connectivity index (χ3v) is 3.24. The lowest BCUT2D eigenvalue weighted by Crippen LogP contribution is -2.49. The van der Waals surface area contributed by atoms with E-state index in [2.05, 4.69) is 0 Å². The molecular formula is C14H14BF3N2O. The van der Waals surface area contributed by atoms with Gasteiger partial charge < -0.3 is 0 Å². The quantitative estimate of drug-likeness (QED) is 0.477. The first-order valence-corrected chi connectivity index (χ1v) is 6.33. The number of carbonyl (C=O) groups is 1. The van der Waals surface area contributed by atoms with Crippen LogP contribution in [0.3, 0.4) is 0 Å². The zero-order valence-electron chi connectivity index (χ0n) is 11.7. The summed E-state index contributed by atoms with van der Waals surface area (Å²) in [4.78, 5) is 12.0. The van der Waals surface area contributed by atoms with Crippen LogP contribution in [0.4, 0.5) is 13.2 Å². The molecule has 1 aromatic carbocycles. The predicted octanol–water partition coefficient (Wildman–Crippen LogP) is 1.50. The topological polar surface area (TPSA) is 25.9 Å². The van der Waals surface area contributed by atoms with Crippen LogP contribution >= 0.6 is 0 Å². The highest BCUT2D eigenvalue weighted by Crippen LogP contribution is 2.29. The summed E-state index contributed by atoms with van der Waals surface area (Å²) in [7, 11) is 5.46. The molecule has 21 heavy (non-hydrogen) atoms. The lowest BCUT2D eigenvalue weighted by Gasteiger charge is -2.12. The number of Topliss-reactive ketones (excluding diaryl/α,β-unsaturated/α-hetero) is 1. The largest absolute Gasteiger partial charge is 0.416 e. The minimum atomic E-state index is -4.38. The van der Waals surface area contributed by atoms with Crippen LogP contribution in [0.5, 0.6) is 0 Å². The third-order valence-electron chi connectivity index (χ3n) is 3.24. The summed E-state index contributed by atoms with van der Waals surface area (Å²) >= 11 is 0. The van der Waals surface area contributed by atoms with Gasteiger partial charge >= 0.3 is 6.18 Å². The maximum atomic E-state index is 12.4. The zero-order chi connectivity index (χ0) is 15.6. The van der Waals surface area contributed by atoms with Gasteiger partial charge in [0.1, 0.15) is 18.2 Å². The van der Waals surface area contributed by atoms with Gasteiger partial charge in [-0.1, -0.05) is 12.1 Å². The molecule has 0 saturated heterocycles. The number of ketones is 1. The van der Waals surface area contributed by atoms with Crippen molar-refractivity contribution >= 4 is 18.8 Å². The van der Waals surface area contributed by atoms with Crippen molar-refractivity contribution in [3.05, 3.63) is 47.8 Å². The summed E-state index contributed by atoms with van der Waals surface area (Å²) in [5, 5.41) is 0. The molecule has 0 aliphatic heterocycles. The van der Waals surface area contributed by atoms with Gasteiger partial charge in [-0.05, 0) is 12.1 Å². The second-order valence-electron chi connectivity index (χ2n) is 4.78. The number of hydrogen-bond donors (Lipinski definition) is 0. The smallest absolute Gasteiger partial charge is 0.298 e. The lowest BCUT2D eigenvalue weighted by molar-refractivity contribution is -0.653. The van der Waals surface area contributed by atoms with Gasteiger partial charge in [-0.3, -0.25) is 13.9 Å². The number of nitrogens with zero attached hydrogens (tertiary/aromatic N) is 2. The van der Waals surface area contributed by atoms with E-state index in [-0.39, 0.29) is 17.7 Å². The van der Waals surface area contributed by atoms with Crippen LogP contribution in [0.2, 0.25) is 6.32 Å². The molecule has 0 atom stereocenters. The molecule has 0 bridgehead atoms. The van der Waals surface area contributed by atoms with Crippen LogP contribution in [0.25, 0.3) is 0 Å². The summed E-state index contributed by atoms with van der Waals surface area (Å²) in [6.45, 7) is 0. The number of imidazole rings is 1. The van der Waals surface area contributed by atoms with Crippen molar-refractivity contribution in [1.29, 1.82) is 0 Å². The number of benzene rings is 1. The van der Waals surface area contributed by atoms with Crippen LogP contribution in [-0.2, 0) is 20.3 Å². The Morgan fingerprint density at radius 3 is 2.38 bits per heavy atom. The van der Waals surface area contributed by atoms with Crippen LogP contribution in [0.15, 0.2) is 36.7 Å². The molecule has 3 nitrogen and oxygen atoms in total. The van der Waals surface area contributed by atoms with Crippen molar-refractivity contribution in [2.45, 2.75) is 12.5 Å². The second-order valence-corrected chi connectivity index (χ2v) is 4.78.